The van der Waals surface area contributed by atoms with Crippen molar-refractivity contribution in [3.8, 4) is 0 Å². The first kappa shape index (κ1) is 14.9. The number of aryl methyl sites for hydroxylation is 1. The van der Waals surface area contributed by atoms with E-state index in [1.165, 1.54) is 0 Å². The number of halogens is 2. The molecule has 112 valence electrons. The quantitative estimate of drug-likeness (QED) is 0.697. The third-order valence-electron chi connectivity index (χ3n) is 3.51. The lowest BCUT2D eigenvalue weighted by molar-refractivity contribution is 0.101. The Kier molecular flexibility index (Phi) is 4.10. The van der Waals surface area contributed by atoms with Crippen LogP contribution in [0.1, 0.15) is 10.4 Å². The van der Waals surface area contributed by atoms with E-state index in [0.29, 0.717) is 15.6 Å². The number of para-hydroxylation sites is 1. The van der Waals surface area contributed by atoms with Gasteiger partial charge in [0.1, 0.15) is 0 Å². The number of carbonyl (C=O) groups is 1. The highest BCUT2D eigenvalue weighted by Crippen LogP contribution is 2.23. The second kappa shape index (κ2) is 6.03. The smallest absolute Gasteiger partial charge is 0.184 e. The van der Waals surface area contributed by atoms with Crippen molar-refractivity contribution >= 4 is 45.6 Å². The number of Topliss-reactive ketones (excluding diaryl/α,β-unsaturated/α-hetero) is 1. The monoisotopic (exact) mass is 332 g/mol. The van der Waals surface area contributed by atoms with Crippen LogP contribution in [0.3, 0.4) is 0 Å². The van der Waals surface area contributed by atoms with E-state index in [0.717, 1.165) is 16.6 Å². The summed E-state index contributed by atoms with van der Waals surface area (Å²) in [5.41, 5.74) is 2.47. The SMILES string of the molecule is Cn1cc(C(=O)CNc2cc(Cl)cc(Cl)c2)c2ccccc21. The molecule has 0 aliphatic carbocycles. The number of carbonyl (C=O) groups excluding carboxylic acids is 1. The molecule has 3 rings (SSSR count). The van der Waals surface area contributed by atoms with Gasteiger partial charge in [0, 0.05) is 45.4 Å². The van der Waals surface area contributed by atoms with Gasteiger partial charge in [0.2, 0.25) is 0 Å². The van der Waals surface area contributed by atoms with Crippen LogP contribution in [-0.4, -0.2) is 16.9 Å². The van der Waals surface area contributed by atoms with E-state index in [2.05, 4.69) is 5.32 Å². The van der Waals surface area contributed by atoms with E-state index in [4.69, 9.17) is 23.2 Å². The average molecular weight is 333 g/mol. The molecule has 0 fully saturated rings. The van der Waals surface area contributed by atoms with Crippen molar-refractivity contribution in [2.24, 2.45) is 7.05 Å². The van der Waals surface area contributed by atoms with Crippen LogP contribution in [-0.2, 0) is 7.05 Å². The molecule has 0 saturated carbocycles. The minimum absolute atomic E-state index is 0.0212. The minimum Gasteiger partial charge on any atom is -0.377 e. The van der Waals surface area contributed by atoms with Crippen molar-refractivity contribution in [2.75, 3.05) is 11.9 Å². The lowest BCUT2D eigenvalue weighted by Gasteiger charge is -2.06. The maximum Gasteiger partial charge on any atom is 0.184 e. The maximum absolute atomic E-state index is 12.5. The van der Waals surface area contributed by atoms with Gasteiger partial charge in [-0.1, -0.05) is 41.4 Å². The number of ketones is 1. The van der Waals surface area contributed by atoms with Crippen LogP contribution < -0.4 is 5.32 Å². The predicted octanol–water partition coefficient (Wildman–Crippen LogP) is 4.78. The van der Waals surface area contributed by atoms with Gasteiger partial charge in [-0.05, 0) is 24.3 Å². The van der Waals surface area contributed by atoms with Crippen molar-refractivity contribution in [2.45, 2.75) is 0 Å². The molecule has 3 nitrogen and oxygen atoms in total. The molecule has 0 saturated heterocycles. The lowest BCUT2D eigenvalue weighted by atomic mass is 10.1. The highest BCUT2D eigenvalue weighted by molar-refractivity contribution is 6.35. The number of anilines is 1. The molecule has 22 heavy (non-hydrogen) atoms. The minimum atomic E-state index is 0.0212. The van der Waals surface area contributed by atoms with Gasteiger partial charge in [0.25, 0.3) is 0 Å². The van der Waals surface area contributed by atoms with Gasteiger partial charge in [-0.25, -0.2) is 0 Å². The van der Waals surface area contributed by atoms with Gasteiger partial charge in [-0.3, -0.25) is 4.79 Å². The van der Waals surface area contributed by atoms with Crippen LogP contribution in [0.5, 0.6) is 0 Å². The number of nitrogens with one attached hydrogen (secondary N) is 1. The lowest BCUT2D eigenvalue weighted by Crippen LogP contribution is -2.13. The molecule has 0 amide bonds. The predicted molar refractivity (Wildman–Crippen MR) is 92.2 cm³/mol. The van der Waals surface area contributed by atoms with E-state index in [1.54, 1.807) is 18.2 Å². The van der Waals surface area contributed by atoms with E-state index < -0.39 is 0 Å². The molecule has 1 N–H and O–H groups in total. The highest BCUT2D eigenvalue weighted by atomic mass is 35.5. The van der Waals surface area contributed by atoms with Crippen LogP contribution >= 0.6 is 23.2 Å². The highest BCUT2D eigenvalue weighted by Gasteiger charge is 2.13. The molecule has 0 aliphatic rings. The van der Waals surface area contributed by atoms with Gasteiger partial charge in [-0.15, -0.1) is 0 Å². The molecular weight excluding hydrogens is 319 g/mol. The summed E-state index contributed by atoms with van der Waals surface area (Å²) in [7, 11) is 1.93. The van der Waals surface area contributed by atoms with Crippen LogP contribution in [0.15, 0.2) is 48.7 Å². The molecule has 0 radical (unpaired) electrons. The number of benzene rings is 2. The Bertz CT molecular complexity index is 835. The number of hydrogen-bond acceptors (Lipinski definition) is 2. The van der Waals surface area contributed by atoms with Crippen LogP contribution in [0, 0.1) is 0 Å². The Labute approximate surface area is 138 Å². The molecule has 1 heterocycles. The van der Waals surface area contributed by atoms with Crippen molar-refractivity contribution in [3.63, 3.8) is 0 Å². The molecule has 5 heteroatoms. The number of aromatic nitrogens is 1. The average Bonchev–Trinajstić information content (AvgIpc) is 2.82. The first-order valence-corrected chi connectivity index (χ1v) is 7.57. The Morgan fingerprint density at radius 2 is 1.82 bits per heavy atom. The van der Waals surface area contributed by atoms with Crippen molar-refractivity contribution < 1.29 is 4.79 Å². The number of rotatable bonds is 4. The van der Waals surface area contributed by atoms with Crippen LogP contribution in [0.4, 0.5) is 5.69 Å². The van der Waals surface area contributed by atoms with E-state index in [1.807, 2.05) is 42.1 Å². The molecule has 0 unspecified atom stereocenters. The van der Waals surface area contributed by atoms with Gasteiger partial charge in [0.05, 0.1) is 6.54 Å². The summed E-state index contributed by atoms with van der Waals surface area (Å²) in [5, 5.41) is 5.10. The maximum atomic E-state index is 12.5. The Balaban J connectivity index is 1.82. The molecule has 0 atom stereocenters. The van der Waals surface area contributed by atoms with E-state index in [9.17, 15) is 4.79 Å². The Morgan fingerprint density at radius 1 is 1.14 bits per heavy atom. The summed E-state index contributed by atoms with van der Waals surface area (Å²) in [4.78, 5) is 12.5. The van der Waals surface area contributed by atoms with E-state index >= 15 is 0 Å². The molecular formula is C17H14Cl2N2O. The molecule has 0 aliphatic heterocycles. The Morgan fingerprint density at radius 3 is 2.55 bits per heavy atom. The van der Waals surface area contributed by atoms with Gasteiger partial charge < -0.3 is 9.88 Å². The molecule has 0 spiro atoms. The zero-order chi connectivity index (χ0) is 15.7. The molecule has 0 bridgehead atoms. The fourth-order valence-electron chi connectivity index (χ4n) is 2.50. The third kappa shape index (κ3) is 2.96. The van der Waals surface area contributed by atoms with Crippen LogP contribution in [0.2, 0.25) is 10.0 Å². The van der Waals surface area contributed by atoms with Gasteiger partial charge >= 0.3 is 0 Å². The zero-order valence-corrected chi connectivity index (χ0v) is 13.4. The summed E-state index contributed by atoms with van der Waals surface area (Å²) in [6.45, 7) is 0.185. The van der Waals surface area contributed by atoms with Gasteiger partial charge in [0.15, 0.2) is 5.78 Å². The third-order valence-corrected chi connectivity index (χ3v) is 3.95. The number of hydrogen-bond donors (Lipinski definition) is 1. The van der Waals surface area contributed by atoms with Crippen molar-refractivity contribution in [1.82, 2.24) is 4.57 Å². The van der Waals surface area contributed by atoms with Gasteiger partial charge in [-0.2, -0.15) is 0 Å². The first-order valence-electron chi connectivity index (χ1n) is 6.82. The summed E-state index contributed by atoms with van der Waals surface area (Å²) < 4.78 is 1.96. The zero-order valence-electron chi connectivity index (χ0n) is 11.9. The Hall–Kier alpha value is -1.97. The van der Waals surface area contributed by atoms with Crippen molar-refractivity contribution in [3.05, 3.63) is 64.3 Å². The van der Waals surface area contributed by atoms with Crippen LogP contribution in [0.25, 0.3) is 10.9 Å². The largest absolute Gasteiger partial charge is 0.377 e. The summed E-state index contributed by atoms with van der Waals surface area (Å²) >= 11 is 11.9. The molecule has 3 aromatic rings. The summed E-state index contributed by atoms with van der Waals surface area (Å²) in [6.07, 6.45) is 1.86. The molecule has 1 aromatic heterocycles. The normalized spacial score (nSPS) is 10.9. The standard InChI is InChI=1S/C17H14Cl2N2O/c1-21-10-15(14-4-2-3-5-16(14)21)17(22)9-20-13-7-11(18)6-12(19)8-13/h2-8,10,20H,9H2,1H3. The van der Waals surface area contributed by atoms with Crippen molar-refractivity contribution in [1.29, 1.82) is 0 Å². The van der Waals surface area contributed by atoms with E-state index in [-0.39, 0.29) is 12.3 Å². The number of nitrogens with zero attached hydrogens (tertiary/aromatic N) is 1. The second-order valence-electron chi connectivity index (χ2n) is 5.11. The summed E-state index contributed by atoms with van der Waals surface area (Å²) in [6, 6.07) is 13.0. The second-order valence-corrected chi connectivity index (χ2v) is 5.98. The fourth-order valence-corrected chi connectivity index (χ4v) is 3.02. The molecule has 2 aromatic carbocycles. The fraction of sp³-hybridized carbons (Fsp3) is 0.118. The summed E-state index contributed by atoms with van der Waals surface area (Å²) in [5.74, 6) is 0.0212. The first-order chi connectivity index (χ1) is 10.5. The number of fused-ring (bicyclic) bond motifs is 1. The topological polar surface area (TPSA) is 34.0 Å².